The highest BCUT2D eigenvalue weighted by Crippen LogP contribution is 2.33. The van der Waals surface area contributed by atoms with Crippen molar-refractivity contribution in [3.63, 3.8) is 0 Å². The molecule has 0 aliphatic carbocycles. The van der Waals surface area contributed by atoms with Gasteiger partial charge in [-0.25, -0.2) is 5.43 Å². The van der Waals surface area contributed by atoms with Crippen LogP contribution in [0.15, 0.2) is 35.4 Å². The fourth-order valence-corrected chi connectivity index (χ4v) is 3.06. The molecule has 25 heavy (non-hydrogen) atoms. The first-order valence-electron chi connectivity index (χ1n) is 8.30. The molecule has 6 heteroatoms. The van der Waals surface area contributed by atoms with E-state index in [4.69, 9.17) is 22.7 Å². The zero-order chi connectivity index (χ0) is 18.6. The Morgan fingerprint density at radius 1 is 1.36 bits per heavy atom. The number of benzene rings is 1. The highest BCUT2D eigenvalue weighted by Gasteiger charge is 2.21. The number of para-hydroxylation sites is 1. The zero-order valence-electron chi connectivity index (χ0n) is 15.2. The van der Waals surface area contributed by atoms with E-state index < -0.39 is 0 Å². The van der Waals surface area contributed by atoms with Gasteiger partial charge in [-0.2, -0.15) is 5.10 Å². The molecule has 5 nitrogen and oxygen atoms in total. The lowest BCUT2D eigenvalue weighted by molar-refractivity contribution is 0.585. The van der Waals surface area contributed by atoms with Gasteiger partial charge in [0.05, 0.1) is 5.02 Å². The number of hydrazone groups is 1. The van der Waals surface area contributed by atoms with Gasteiger partial charge in [0.1, 0.15) is 0 Å². The molecule has 0 atom stereocenters. The van der Waals surface area contributed by atoms with Crippen molar-refractivity contribution in [1.29, 1.82) is 5.41 Å². The average Bonchev–Trinajstić information content (AvgIpc) is 2.80. The molecule has 1 aromatic heterocycles. The first-order valence-corrected chi connectivity index (χ1v) is 8.67. The van der Waals surface area contributed by atoms with Gasteiger partial charge in [-0.15, -0.1) is 0 Å². The molecule has 134 valence electrons. The van der Waals surface area contributed by atoms with Crippen LogP contribution in [0.3, 0.4) is 0 Å². The Labute approximate surface area is 154 Å². The molecule has 2 aromatic rings. The van der Waals surface area contributed by atoms with Crippen LogP contribution in [0.1, 0.15) is 44.1 Å². The average molecular weight is 360 g/mol. The number of nitrogens with zero attached hydrogens (tertiary/aromatic N) is 2. The fourth-order valence-electron chi connectivity index (χ4n) is 2.85. The van der Waals surface area contributed by atoms with Crippen molar-refractivity contribution < 1.29 is 0 Å². The minimum absolute atomic E-state index is 0.0317. The maximum Gasteiger partial charge on any atom is 0.206 e. The Hall–Kier alpha value is -2.27. The van der Waals surface area contributed by atoms with Gasteiger partial charge >= 0.3 is 0 Å². The van der Waals surface area contributed by atoms with Crippen molar-refractivity contribution in [3.8, 4) is 5.69 Å². The number of aryl methyl sites for hydroxylation is 1. The number of halogens is 1. The summed E-state index contributed by atoms with van der Waals surface area (Å²) < 4.78 is 2.23. The number of rotatable bonds is 5. The Balaban J connectivity index is 2.37. The summed E-state index contributed by atoms with van der Waals surface area (Å²) in [5.41, 5.74) is 12.3. The van der Waals surface area contributed by atoms with E-state index in [9.17, 15) is 0 Å². The third-order valence-corrected chi connectivity index (χ3v) is 4.40. The minimum atomic E-state index is -0.169. The molecular formula is C19H26ClN5. The number of nitrogens with two attached hydrogens (primary N) is 1. The Morgan fingerprint density at radius 2 is 2.04 bits per heavy atom. The first kappa shape index (κ1) is 19.1. The Morgan fingerprint density at radius 3 is 2.68 bits per heavy atom. The quantitative estimate of drug-likeness (QED) is 0.426. The predicted molar refractivity (Wildman–Crippen MR) is 106 cm³/mol. The van der Waals surface area contributed by atoms with Crippen molar-refractivity contribution >= 4 is 23.8 Å². The van der Waals surface area contributed by atoms with E-state index in [2.05, 4.69) is 60.1 Å². The lowest BCUT2D eigenvalue weighted by Gasteiger charge is -2.25. The molecule has 1 aromatic carbocycles. The van der Waals surface area contributed by atoms with Crippen LogP contribution >= 0.6 is 11.6 Å². The number of guanidine groups is 1. The van der Waals surface area contributed by atoms with Crippen molar-refractivity contribution in [3.05, 3.63) is 52.3 Å². The summed E-state index contributed by atoms with van der Waals surface area (Å²) in [5, 5.41) is 11.8. The topological polar surface area (TPSA) is 79.2 Å². The third-order valence-electron chi connectivity index (χ3n) is 4.02. The molecule has 4 N–H and O–H groups in total. The lowest BCUT2D eigenvalue weighted by Crippen LogP contribution is -2.25. The maximum absolute atomic E-state index is 7.09. The normalized spacial score (nSPS) is 11.9. The molecule has 0 radical (unpaired) electrons. The van der Waals surface area contributed by atoms with Crippen LogP contribution in [0.5, 0.6) is 0 Å². The van der Waals surface area contributed by atoms with Crippen LogP contribution in [-0.2, 0) is 11.8 Å². The standard InChI is InChI=1S/C19H26ClN5/c1-13-16(20)12-14(8-7-11-23-24-18(21)22)25(13)17-10-6-5-9-15(17)19(2,3)4/h5-6,9-12H,7-8H2,1-4H3,(H4,21,22,24). The molecule has 1 heterocycles. The van der Waals surface area contributed by atoms with Gasteiger partial charge in [-0.1, -0.05) is 50.6 Å². The molecule has 0 saturated carbocycles. The van der Waals surface area contributed by atoms with Gasteiger partial charge in [0.15, 0.2) is 0 Å². The predicted octanol–water partition coefficient (Wildman–Crippen LogP) is 4.14. The van der Waals surface area contributed by atoms with Gasteiger partial charge < -0.3 is 10.3 Å². The van der Waals surface area contributed by atoms with E-state index in [1.807, 2.05) is 13.0 Å². The van der Waals surface area contributed by atoms with Gasteiger partial charge in [0, 0.05) is 23.3 Å². The van der Waals surface area contributed by atoms with E-state index in [0.29, 0.717) is 0 Å². The van der Waals surface area contributed by atoms with Gasteiger partial charge in [0.25, 0.3) is 0 Å². The van der Waals surface area contributed by atoms with Gasteiger partial charge in [0.2, 0.25) is 5.96 Å². The van der Waals surface area contributed by atoms with Crippen LogP contribution < -0.4 is 11.2 Å². The number of hydrogen-bond donors (Lipinski definition) is 3. The van der Waals surface area contributed by atoms with Crippen LogP contribution in [-0.4, -0.2) is 16.7 Å². The molecule has 0 bridgehead atoms. The summed E-state index contributed by atoms with van der Waals surface area (Å²) >= 11 is 6.42. The van der Waals surface area contributed by atoms with Crippen LogP contribution in [0.4, 0.5) is 0 Å². The van der Waals surface area contributed by atoms with Crippen molar-refractivity contribution in [1.82, 2.24) is 9.99 Å². The monoisotopic (exact) mass is 359 g/mol. The summed E-state index contributed by atoms with van der Waals surface area (Å²) in [6.07, 6.45) is 3.23. The highest BCUT2D eigenvalue weighted by atomic mass is 35.5. The maximum atomic E-state index is 7.09. The van der Waals surface area contributed by atoms with Crippen molar-refractivity contribution in [2.75, 3.05) is 0 Å². The summed E-state index contributed by atoms with van der Waals surface area (Å²) in [6, 6.07) is 10.5. The smallest absolute Gasteiger partial charge is 0.206 e. The summed E-state index contributed by atoms with van der Waals surface area (Å²) in [6.45, 7) is 8.68. The van der Waals surface area contributed by atoms with E-state index in [1.54, 1.807) is 6.21 Å². The Kier molecular flexibility index (Phi) is 5.90. The minimum Gasteiger partial charge on any atom is -0.369 e. The van der Waals surface area contributed by atoms with Crippen LogP contribution in [0.25, 0.3) is 5.69 Å². The second-order valence-corrected chi connectivity index (χ2v) is 7.45. The zero-order valence-corrected chi connectivity index (χ0v) is 16.0. The molecule has 0 spiro atoms. The molecule has 0 aliphatic heterocycles. The number of hydrogen-bond acceptors (Lipinski definition) is 2. The molecule has 0 unspecified atom stereocenters. The summed E-state index contributed by atoms with van der Waals surface area (Å²) in [4.78, 5) is 0. The Bertz CT molecular complexity index is 784. The summed E-state index contributed by atoms with van der Waals surface area (Å²) in [7, 11) is 0. The summed E-state index contributed by atoms with van der Waals surface area (Å²) in [5.74, 6) is -0.169. The van der Waals surface area contributed by atoms with E-state index in [-0.39, 0.29) is 11.4 Å². The largest absolute Gasteiger partial charge is 0.369 e. The van der Waals surface area contributed by atoms with E-state index >= 15 is 0 Å². The van der Waals surface area contributed by atoms with Crippen LogP contribution in [0.2, 0.25) is 5.02 Å². The number of nitrogens with one attached hydrogen (secondary N) is 2. The van der Waals surface area contributed by atoms with Gasteiger partial charge in [-0.3, -0.25) is 5.41 Å². The molecular weight excluding hydrogens is 334 g/mol. The van der Waals surface area contributed by atoms with Crippen LogP contribution in [0, 0.1) is 12.3 Å². The SMILES string of the molecule is Cc1c(Cl)cc(CCC=NNC(=N)N)n1-c1ccccc1C(C)(C)C. The fraction of sp³-hybridized carbons (Fsp3) is 0.368. The van der Waals surface area contributed by atoms with E-state index in [0.717, 1.165) is 34.9 Å². The molecule has 2 rings (SSSR count). The molecule has 0 fully saturated rings. The lowest BCUT2D eigenvalue weighted by atomic mass is 9.85. The third kappa shape index (κ3) is 4.63. The van der Waals surface area contributed by atoms with Gasteiger partial charge in [-0.05, 0) is 42.9 Å². The van der Waals surface area contributed by atoms with Crippen molar-refractivity contribution in [2.24, 2.45) is 10.8 Å². The molecule has 0 saturated heterocycles. The number of aromatic nitrogens is 1. The molecule has 0 aliphatic rings. The highest BCUT2D eigenvalue weighted by molar-refractivity contribution is 6.31. The van der Waals surface area contributed by atoms with Crippen molar-refractivity contribution in [2.45, 2.75) is 46.0 Å². The second-order valence-electron chi connectivity index (χ2n) is 7.05. The first-order chi connectivity index (χ1) is 11.7. The van der Waals surface area contributed by atoms with E-state index in [1.165, 1.54) is 5.56 Å². The second kappa shape index (κ2) is 7.74. The molecule has 0 amide bonds.